The van der Waals surface area contributed by atoms with Crippen LogP contribution >= 0.6 is 11.6 Å². The van der Waals surface area contributed by atoms with Gasteiger partial charge in [-0.15, -0.1) is 0 Å². The number of hydrogen-bond acceptors (Lipinski definition) is 5. The summed E-state index contributed by atoms with van der Waals surface area (Å²) in [5.41, 5.74) is 4.28. The quantitative estimate of drug-likeness (QED) is 0.536. The number of nitrogens with zero attached hydrogens (tertiary/aromatic N) is 4. The first-order chi connectivity index (χ1) is 14.3. The number of aromatic hydroxyl groups is 1. The third kappa shape index (κ3) is 3.79. The lowest BCUT2D eigenvalue weighted by Gasteiger charge is -2.17. The molecule has 0 aliphatic carbocycles. The van der Waals surface area contributed by atoms with Crippen molar-refractivity contribution in [2.24, 2.45) is 0 Å². The second kappa shape index (κ2) is 7.89. The van der Waals surface area contributed by atoms with Gasteiger partial charge in [0, 0.05) is 29.4 Å². The largest absolute Gasteiger partial charge is 0.508 e. The Hall–Kier alpha value is -3.22. The molecule has 0 saturated heterocycles. The fourth-order valence-electron chi connectivity index (χ4n) is 3.59. The van der Waals surface area contributed by atoms with Crippen LogP contribution < -0.4 is 5.56 Å². The minimum atomic E-state index is -0.240. The highest BCUT2D eigenvalue weighted by atomic mass is 35.5. The molecule has 4 rings (SSSR count). The summed E-state index contributed by atoms with van der Waals surface area (Å²) in [6.45, 7) is 2.51. The van der Waals surface area contributed by atoms with E-state index in [1.807, 2.05) is 44.1 Å². The first kappa shape index (κ1) is 20.1. The maximum atomic E-state index is 13.5. The molecule has 0 aliphatic heterocycles. The number of aryl methyl sites for hydroxylation is 1. The van der Waals surface area contributed by atoms with Crippen LogP contribution in [0.3, 0.4) is 0 Å². The topological polar surface area (TPSA) is 71.2 Å². The SMILES string of the molecule is Cc1cc(Cl)cc(-c2cnc3ncn(-c4cccc(O)c4)c(=O)c3c2CN(C)C)c1. The van der Waals surface area contributed by atoms with E-state index in [9.17, 15) is 9.90 Å². The maximum absolute atomic E-state index is 13.5. The molecule has 0 radical (unpaired) electrons. The Bertz CT molecular complexity index is 1290. The first-order valence-electron chi connectivity index (χ1n) is 9.44. The molecule has 2 aromatic heterocycles. The Kier molecular flexibility index (Phi) is 5.28. The summed E-state index contributed by atoms with van der Waals surface area (Å²) in [6.07, 6.45) is 3.19. The van der Waals surface area contributed by atoms with E-state index in [2.05, 4.69) is 9.97 Å². The van der Waals surface area contributed by atoms with Gasteiger partial charge in [-0.25, -0.2) is 9.97 Å². The second-order valence-corrected chi connectivity index (χ2v) is 7.98. The number of pyridine rings is 1. The van der Waals surface area contributed by atoms with E-state index in [1.54, 1.807) is 24.4 Å². The predicted molar refractivity (Wildman–Crippen MR) is 119 cm³/mol. The summed E-state index contributed by atoms with van der Waals surface area (Å²) in [7, 11) is 3.90. The van der Waals surface area contributed by atoms with E-state index >= 15 is 0 Å². The Morgan fingerprint density at radius 1 is 1.13 bits per heavy atom. The van der Waals surface area contributed by atoms with Crippen LogP contribution in [0.25, 0.3) is 27.8 Å². The van der Waals surface area contributed by atoms with Gasteiger partial charge in [0.15, 0.2) is 5.65 Å². The number of hydrogen-bond donors (Lipinski definition) is 1. The molecular weight excluding hydrogens is 400 g/mol. The molecule has 0 amide bonds. The van der Waals surface area contributed by atoms with Crippen molar-refractivity contribution in [1.29, 1.82) is 0 Å². The molecule has 152 valence electrons. The monoisotopic (exact) mass is 420 g/mol. The fraction of sp³-hybridized carbons (Fsp3) is 0.174. The number of phenolic OH excluding ortho intramolecular Hbond substituents is 1. The summed E-state index contributed by atoms with van der Waals surface area (Å²) in [4.78, 5) is 24.4. The van der Waals surface area contributed by atoms with Crippen molar-refractivity contribution < 1.29 is 5.11 Å². The van der Waals surface area contributed by atoms with Gasteiger partial charge in [-0.1, -0.05) is 23.7 Å². The Morgan fingerprint density at radius 3 is 2.63 bits per heavy atom. The van der Waals surface area contributed by atoms with Gasteiger partial charge >= 0.3 is 0 Å². The molecular formula is C23H21ClN4O2. The smallest absolute Gasteiger partial charge is 0.267 e. The Balaban J connectivity index is 2.05. The molecule has 0 aliphatic rings. The normalized spacial score (nSPS) is 11.4. The van der Waals surface area contributed by atoms with E-state index in [4.69, 9.17) is 11.6 Å². The van der Waals surface area contributed by atoms with Crippen LogP contribution in [-0.2, 0) is 6.54 Å². The lowest BCUT2D eigenvalue weighted by atomic mass is 9.97. The van der Waals surface area contributed by atoms with E-state index in [1.165, 1.54) is 17.0 Å². The summed E-state index contributed by atoms with van der Waals surface area (Å²) in [5.74, 6) is 0.0780. The van der Waals surface area contributed by atoms with Crippen LogP contribution in [0.5, 0.6) is 5.75 Å². The number of halogens is 1. The Labute approximate surface area is 179 Å². The van der Waals surface area contributed by atoms with Crippen LogP contribution in [0.15, 0.2) is 59.8 Å². The summed E-state index contributed by atoms with van der Waals surface area (Å²) in [5, 5.41) is 10.9. The molecule has 7 heteroatoms. The standard InChI is InChI=1S/C23H21ClN4O2/c1-14-7-15(9-16(24)8-14)19-11-25-22-21(20(19)12-27(2)3)23(30)28(13-26-22)17-5-4-6-18(29)10-17/h4-11,13,29H,12H2,1-3H3. The highest BCUT2D eigenvalue weighted by Gasteiger charge is 2.18. The van der Waals surface area contributed by atoms with Crippen LogP contribution in [-0.4, -0.2) is 38.6 Å². The number of fused-ring (bicyclic) bond motifs is 1. The van der Waals surface area contributed by atoms with Crippen molar-refractivity contribution in [3.8, 4) is 22.6 Å². The van der Waals surface area contributed by atoms with Gasteiger partial charge in [0.1, 0.15) is 12.1 Å². The highest BCUT2D eigenvalue weighted by molar-refractivity contribution is 6.31. The number of phenols is 1. The van der Waals surface area contributed by atoms with Crippen LogP contribution in [0.2, 0.25) is 5.02 Å². The molecule has 0 fully saturated rings. The zero-order valence-corrected chi connectivity index (χ0v) is 17.7. The molecule has 0 bridgehead atoms. The molecule has 6 nitrogen and oxygen atoms in total. The average Bonchev–Trinajstić information content (AvgIpc) is 2.67. The molecule has 2 aromatic carbocycles. The number of benzene rings is 2. The van der Waals surface area contributed by atoms with Gasteiger partial charge in [-0.3, -0.25) is 9.36 Å². The lowest BCUT2D eigenvalue weighted by Crippen LogP contribution is -2.22. The lowest BCUT2D eigenvalue weighted by molar-refractivity contribution is 0.404. The van der Waals surface area contributed by atoms with E-state index in [-0.39, 0.29) is 11.3 Å². The molecule has 30 heavy (non-hydrogen) atoms. The zero-order valence-electron chi connectivity index (χ0n) is 16.9. The third-order valence-electron chi connectivity index (χ3n) is 4.83. The minimum absolute atomic E-state index is 0.0780. The van der Waals surface area contributed by atoms with Crippen LogP contribution in [0, 0.1) is 6.92 Å². The number of aromatic nitrogens is 3. The predicted octanol–water partition coefficient (Wildman–Crippen LogP) is 4.18. The summed E-state index contributed by atoms with van der Waals surface area (Å²) < 4.78 is 1.43. The van der Waals surface area contributed by atoms with Crippen molar-refractivity contribution >= 4 is 22.6 Å². The molecule has 0 atom stereocenters. The van der Waals surface area contributed by atoms with E-state index in [0.29, 0.717) is 28.3 Å². The van der Waals surface area contributed by atoms with Gasteiger partial charge in [-0.05, 0) is 62.0 Å². The Morgan fingerprint density at radius 2 is 1.93 bits per heavy atom. The molecule has 0 unspecified atom stereocenters. The van der Waals surface area contributed by atoms with Crippen molar-refractivity contribution in [3.05, 3.63) is 81.5 Å². The van der Waals surface area contributed by atoms with Crippen molar-refractivity contribution in [2.75, 3.05) is 14.1 Å². The molecule has 2 heterocycles. The maximum Gasteiger partial charge on any atom is 0.267 e. The van der Waals surface area contributed by atoms with Gasteiger partial charge in [0.2, 0.25) is 0 Å². The summed E-state index contributed by atoms with van der Waals surface area (Å²) >= 11 is 6.29. The summed E-state index contributed by atoms with van der Waals surface area (Å²) in [6, 6.07) is 12.3. The first-order valence-corrected chi connectivity index (χ1v) is 9.82. The zero-order chi connectivity index (χ0) is 21.4. The molecule has 0 spiro atoms. The average molecular weight is 421 g/mol. The molecule has 4 aromatic rings. The van der Waals surface area contributed by atoms with Gasteiger partial charge < -0.3 is 10.0 Å². The van der Waals surface area contributed by atoms with Crippen molar-refractivity contribution in [2.45, 2.75) is 13.5 Å². The van der Waals surface area contributed by atoms with E-state index in [0.717, 1.165) is 22.3 Å². The van der Waals surface area contributed by atoms with Crippen molar-refractivity contribution in [1.82, 2.24) is 19.4 Å². The number of rotatable bonds is 4. The second-order valence-electron chi connectivity index (χ2n) is 7.54. The van der Waals surface area contributed by atoms with Gasteiger partial charge in [-0.2, -0.15) is 0 Å². The van der Waals surface area contributed by atoms with Gasteiger partial charge in [0.25, 0.3) is 5.56 Å². The van der Waals surface area contributed by atoms with Crippen molar-refractivity contribution in [3.63, 3.8) is 0 Å². The van der Waals surface area contributed by atoms with E-state index < -0.39 is 0 Å². The third-order valence-corrected chi connectivity index (χ3v) is 5.05. The van der Waals surface area contributed by atoms with Crippen LogP contribution in [0.4, 0.5) is 0 Å². The molecule has 1 N–H and O–H groups in total. The minimum Gasteiger partial charge on any atom is -0.508 e. The van der Waals surface area contributed by atoms with Gasteiger partial charge in [0.05, 0.1) is 11.1 Å². The molecule has 0 saturated carbocycles. The fourth-order valence-corrected chi connectivity index (χ4v) is 3.88. The van der Waals surface area contributed by atoms with Crippen LogP contribution in [0.1, 0.15) is 11.1 Å². The highest BCUT2D eigenvalue weighted by Crippen LogP contribution is 2.30.